The van der Waals surface area contributed by atoms with Gasteiger partial charge in [0.1, 0.15) is 28.6 Å². The van der Waals surface area contributed by atoms with Crippen LogP contribution in [0.15, 0.2) is 27.4 Å². The standard InChI is InChI=1S/C25H28O6/c1-12(2)11-16(26)25-23(5)24(31-23)10-9-14(4)19(24)21(30-25)18-20(29-25)17-13(3)7-6-8-15(17)28-22(18)27/h6-8,12,14,19,21H,9-11H2,1-5H3/t14-,19-,21+,23+,24+,25-/m0/s1. The SMILES string of the molecule is Cc1cccc2oc(=O)c3c(c12)O[C@@]1(C(=O)CC(C)C)O[C@H]3[C@@H]2[C@@H](C)CC[C@@]23O[C@@]13C. The number of epoxide rings is 1. The van der Waals surface area contributed by atoms with Crippen molar-refractivity contribution in [2.75, 3.05) is 0 Å². The highest BCUT2D eigenvalue weighted by atomic mass is 16.8. The first kappa shape index (κ1) is 19.5. The van der Waals surface area contributed by atoms with Crippen molar-refractivity contribution < 1.29 is 23.4 Å². The maximum absolute atomic E-state index is 13.7. The first-order valence-electron chi connectivity index (χ1n) is 11.3. The highest BCUT2D eigenvalue weighted by molar-refractivity contribution is 5.93. The second kappa shape index (κ2) is 5.78. The summed E-state index contributed by atoms with van der Waals surface area (Å²) in [5.74, 6) is -0.828. The summed E-state index contributed by atoms with van der Waals surface area (Å²) in [7, 11) is 0. The molecule has 3 fully saturated rings. The van der Waals surface area contributed by atoms with Gasteiger partial charge in [-0.25, -0.2) is 4.79 Å². The number of aryl methyl sites for hydroxylation is 1. The third-order valence-corrected chi connectivity index (χ3v) is 8.14. The number of rotatable bonds is 3. The van der Waals surface area contributed by atoms with Crippen molar-refractivity contribution in [3.05, 3.63) is 39.7 Å². The fourth-order valence-corrected chi connectivity index (χ4v) is 6.66. The highest BCUT2D eigenvalue weighted by Crippen LogP contribution is 2.75. The van der Waals surface area contributed by atoms with Crippen molar-refractivity contribution >= 4 is 16.8 Å². The smallest absolute Gasteiger partial charge is 0.345 e. The van der Waals surface area contributed by atoms with Crippen LogP contribution >= 0.6 is 0 Å². The number of ketones is 1. The van der Waals surface area contributed by atoms with Crippen LogP contribution in [-0.2, 0) is 14.3 Å². The summed E-state index contributed by atoms with van der Waals surface area (Å²) in [6.07, 6.45) is 1.52. The summed E-state index contributed by atoms with van der Waals surface area (Å²) in [5.41, 5.74) is -0.0563. The third-order valence-electron chi connectivity index (χ3n) is 8.14. The number of hydrogen-bond donors (Lipinski definition) is 0. The number of hydrogen-bond acceptors (Lipinski definition) is 6. The molecule has 1 aromatic heterocycles. The lowest BCUT2D eigenvalue weighted by Crippen LogP contribution is -2.67. The fraction of sp³-hybridized carbons (Fsp3) is 0.600. The molecular formula is C25H28O6. The van der Waals surface area contributed by atoms with Crippen molar-refractivity contribution in [2.24, 2.45) is 17.8 Å². The minimum absolute atomic E-state index is 0.0236. The predicted octanol–water partition coefficient (Wildman–Crippen LogP) is 4.45. The Bertz CT molecular complexity index is 1200. The Morgan fingerprint density at radius 1 is 1.29 bits per heavy atom. The summed E-state index contributed by atoms with van der Waals surface area (Å²) in [5, 5.41) is 0.731. The van der Waals surface area contributed by atoms with E-state index in [4.69, 9.17) is 18.6 Å². The predicted molar refractivity (Wildman–Crippen MR) is 113 cm³/mol. The van der Waals surface area contributed by atoms with E-state index in [1.807, 2.05) is 39.8 Å². The maximum atomic E-state index is 13.7. The quantitative estimate of drug-likeness (QED) is 0.535. The molecule has 0 radical (unpaired) electrons. The Balaban J connectivity index is 1.67. The number of Topliss-reactive ketones (excluding diaryl/α,β-unsaturated/α-hetero) is 1. The number of carbonyl (C=O) groups excluding carboxylic acids is 1. The van der Waals surface area contributed by atoms with Crippen LogP contribution < -0.4 is 10.4 Å². The molecule has 2 aromatic rings. The van der Waals surface area contributed by atoms with Gasteiger partial charge in [-0.1, -0.05) is 32.9 Å². The first-order chi connectivity index (χ1) is 14.7. The summed E-state index contributed by atoms with van der Waals surface area (Å²) in [4.78, 5) is 26.9. The lowest BCUT2D eigenvalue weighted by atomic mass is 9.68. The van der Waals surface area contributed by atoms with Crippen molar-refractivity contribution in [1.29, 1.82) is 0 Å². The van der Waals surface area contributed by atoms with Crippen LogP contribution in [0.25, 0.3) is 11.0 Å². The van der Waals surface area contributed by atoms with E-state index in [1.54, 1.807) is 6.07 Å². The molecule has 0 amide bonds. The zero-order valence-corrected chi connectivity index (χ0v) is 18.6. The van der Waals surface area contributed by atoms with E-state index in [1.165, 1.54) is 0 Å². The van der Waals surface area contributed by atoms with E-state index in [-0.39, 0.29) is 17.6 Å². The number of ether oxygens (including phenoxy) is 3. The number of carbonyl (C=O) groups is 1. The zero-order chi connectivity index (χ0) is 21.9. The van der Waals surface area contributed by atoms with Gasteiger partial charge in [-0.3, -0.25) is 4.79 Å². The molecule has 0 unspecified atom stereocenters. The zero-order valence-electron chi connectivity index (χ0n) is 18.6. The van der Waals surface area contributed by atoms with Crippen LogP contribution in [0.3, 0.4) is 0 Å². The average molecular weight is 424 g/mol. The molecule has 1 aromatic carbocycles. The summed E-state index contributed by atoms with van der Waals surface area (Å²) in [6.45, 7) is 10.1. The van der Waals surface area contributed by atoms with E-state index in [2.05, 4.69) is 6.92 Å². The molecule has 0 N–H and O–H groups in total. The monoisotopic (exact) mass is 424 g/mol. The van der Waals surface area contributed by atoms with Crippen molar-refractivity contribution in [2.45, 2.75) is 77.0 Å². The molecule has 6 atom stereocenters. The normalized spacial score (nSPS) is 39.6. The maximum Gasteiger partial charge on any atom is 0.345 e. The molecule has 1 aliphatic carbocycles. The second-order valence-electron chi connectivity index (χ2n) is 10.4. The largest absolute Gasteiger partial charge is 0.450 e. The Morgan fingerprint density at radius 2 is 2.06 bits per heavy atom. The molecule has 1 spiro atoms. The number of fused-ring (bicyclic) bond motifs is 8. The van der Waals surface area contributed by atoms with Crippen molar-refractivity contribution in [3.63, 3.8) is 0 Å². The molecule has 164 valence electrons. The average Bonchev–Trinajstić information content (AvgIpc) is 3.18. The molecule has 3 aliphatic heterocycles. The van der Waals surface area contributed by atoms with Gasteiger partial charge < -0.3 is 18.6 Å². The number of benzene rings is 1. The molecule has 6 nitrogen and oxygen atoms in total. The van der Waals surface area contributed by atoms with Gasteiger partial charge >= 0.3 is 11.4 Å². The van der Waals surface area contributed by atoms with E-state index in [0.717, 1.165) is 23.8 Å². The van der Waals surface area contributed by atoms with E-state index in [9.17, 15) is 9.59 Å². The second-order valence-corrected chi connectivity index (χ2v) is 10.4. The highest BCUT2D eigenvalue weighted by Gasteiger charge is 2.89. The van der Waals surface area contributed by atoms with Gasteiger partial charge in [0.25, 0.3) is 0 Å². The van der Waals surface area contributed by atoms with Crippen LogP contribution in [0.1, 0.15) is 64.2 Å². The van der Waals surface area contributed by atoms with Gasteiger partial charge in [-0.15, -0.1) is 0 Å². The Morgan fingerprint density at radius 3 is 2.81 bits per heavy atom. The van der Waals surface area contributed by atoms with Gasteiger partial charge in [0, 0.05) is 12.3 Å². The molecular weight excluding hydrogens is 396 g/mol. The lowest BCUT2D eigenvalue weighted by molar-refractivity contribution is -0.272. The molecule has 4 heterocycles. The molecule has 2 saturated heterocycles. The summed E-state index contributed by atoms with van der Waals surface area (Å²) in [6, 6.07) is 5.57. The fourth-order valence-electron chi connectivity index (χ4n) is 6.66. The van der Waals surface area contributed by atoms with Gasteiger partial charge in [0.2, 0.25) is 5.78 Å². The Labute approximate surface area is 180 Å². The van der Waals surface area contributed by atoms with Crippen molar-refractivity contribution in [1.82, 2.24) is 0 Å². The summed E-state index contributed by atoms with van der Waals surface area (Å²) < 4.78 is 25.3. The van der Waals surface area contributed by atoms with Gasteiger partial charge in [-0.05, 0) is 50.2 Å². The van der Waals surface area contributed by atoms with Crippen LogP contribution in [0, 0.1) is 24.7 Å². The van der Waals surface area contributed by atoms with Gasteiger partial charge in [0.05, 0.1) is 5.39 Å². The van der Waals surface area contributed by atoms with Crippen molar-refractivity contribution in [3.8, 4) is 5.75 Å². The van der Waals surface area contributed by atoms with Crippen LogP contribution in [0.5, 0.6) is 5.75 Å². The van der Waals surface area contributed by atoms with Gasteiger partial charge in [0.15, 0.2) is 5.60 Å². The Hall–Kier alpha value is -2.18. The van der Waals surface area contributed by atoms with Crippen LogP contribution in [0.2, 0.25) is 0 Å². The van der Waals surface area contributed by atoms with E-state index >= 15 is 0 Å². The summed E-state index contributed by atoms with van der Waals surface area (Å²) >= 11 is 0. The van der Waals surface area contributed by atoms with E-state index in [0.29, 0.717) is 29.2 Å². The third kappa shape index (κ3) is 2.11. The molecule has 31 heavy (non-hydrogen) atoms. The minimum atomic E-state index is -1.56. The minimum Gasteiger partial charge on any atom is -0.450 e. The topological polar surface area (TPSA) is 78.3 Å². The van der Waals surface area contributed by atoms with E-state index < -0.39 is 28.7 Å². The first-order valence-corrected chi connectivity index (χ1v) is 11.3. The molecule has 1 saturated carbocycles. The van der Waals surface area contributed by atoms with Crippen LogP contribution in [-0.4, -0.2) is 22.8 Å². The van der Waals surface area contributed by atoms with Gasteiger partial charge in [-0.2, -0.15) is 0 Å². The molecule has 4 aliphatic rings. The Kier molecular flexibility index (Phi) is 3.64. The molecule has 2 bridgehead atoms. The lowest BCUT2D eigenvalue weighted by Gasteiger charge is -2.50. The molecule has 6 rings (SSSR count). The molecule has 6 heteroatoms. The van der Waals surface area contributed by atoms with Crippen LogP contribution in [0.4, 0.5) is 0 Å².